The van der Waals surface area contributed by atoms with E-state index in [1.54, 1.807) is 10.7 Å². The summed E-state index contributed by atoms with van der Waals surface area (Å²) in [5, 5.41) is 10.8. The monoisotopic (exact) mass is 289 g/mol. The van der Waals surface area contributed by atoms with Gasteiger partial charge in [0.05, 0.1) is 24.9 Å². The van der Waals surface area contributed by atoms with Gasteiger partial charge in [-0.25, -0.2) is 4.79 Å². The molecule has 2 aromatic rings. The molecule has 1 fully saturated rings. The van der Waals surface area contributed by atoms with Gasteiger partial charge in [0.15, 0.2) is 5.65 Å². The Morgan fingerprint density at radius 3 is 3.33 bits per heavy atom. The molecule has 0 bridgehead atoms. The van der Waals surface area contributed by atoms with Gasteiger partial charge >= 0.3 is 6.03 Å². The van der Waals surface area contributed by atoms with Gasteiger partial charge < -0.3 is 15.0 Å². The summed E-state index contributed by atoms with van der Waals surface area (Å²) in [4.78, 5) is 14.4. The molecule has 3 heterocycles. The Morgan fingerprint density at radius 2 is 2.48 bits per heavy atom. The molecule has 2 amide bonds. The molecular formula is C14H19N5O2. The summed E-state index contributed by atoms with van der Waals surface area (Å²) in [6.07, 6.45) is 5.43. The largest absolute Gasteiger partial charge is 0.377 e. The minimum atomic E-state index is -0.104. The zero-order chi connectivity index (χ0) is 14.7. The number of carbonyl (C=O) groups excluding carboxylic acids is 1. The summed E-state index contributed by atoms with van der Waals surface area (Å²) in [5.74, 6) is 0. The number of nitrogens with one attached hydrogen (secondary N) is 1. The van der Waals surface area contributed by atoms with Gasteiger partial charge in [-0.2, -0.15) is 0 Å². The quantitative estimate of drug-likeness (QED) is 0.934. The molecule has 1 atom stereocenters. The number of fused-ring (bicyclic) bond motifs is 1. The van der Waals surface area contributed by atoms with E-state index in [9.17, 15) is 4.79 Å². The second-order valence-corrected chi connectivity index (χ2v) is 5.12. The van der Waals surface area contributed by atoms with Crippen LogP contribution in [0.4, 0.5) is 10.5 Å². The number of hydrogen-bond acceptors (Lipinski definition) is 4. The van der Waals surface area contributed by atoms with Gasteiger partial charge in [-0.1, -0.05) is 13.3 Å². The van der Waals surface area contributed by atoms with E-state index in [-0.39, 0.29) is 12.1 Å². The zero-order valence-electron chi connectivity index (χ0n) is 12.0. The van der Waals surface area contributed by atoms with Crippen molar-refractivity contribution in [2.24, 2.45) is 0 Å². The van der Waals surface area contributed by atoms with Crippen LogP contribution in [0.3, 0.4) is 0 Å². The van der Waals surface area contributed by atoms with Gasteiger partial charge in [0.2, 0.25) is 0 Å². The van der Waals surface area contributed by atoms with E-state index >= 15 is 0 Å². The molecule has 0 spiro atoms. The zero-order valence-corrected chi connectivity index (χ0v) is 12.0. The van der Waals surface area contributed by atoms with E-state index in [1.807, 2.05) is 23.2 Å². The number of aromatic nitrogens is 3. The number of urea groups is 1. The molecule has 0 saturated carbocycles. The van der Waals surface area contributed by atoms with E-state index in [1.165, 1.54) is 0 Å². The fourth-order valence-corrected chi connectivity index (χ4v) is 2.63. The van der Waals surface area contributed by atoms with E-state index in [2.05, 4.69) is 22.4 Å². The van der Waals surface area contributed by atoms with Crippen LogP contribution >= 0.6 is 0 Å². The van der Waals surface area contributed by atoms with Crippen molar-refractivity contribution in [1.29, 1.82) is 0 Å². The second kappa shape index (κ2) is 6.09. The fraction of sp³-hybridized carbons (Fsp3) is 0.500. The number of amides is 2. The Labute approximate surface area is 122 Å². The molecule has 21 heavy (non-hydrogen) atoms. The Kier molecular flexibility index (Phi) is 4.01. The van der Waals surface area contributed by atoms with Crippen LogP contribution in [0.15, 0.2) is 24.7 Å². The van der Waals surface area contributed by atoms with Crippen molar-refractivity contribution >= 4 is 17.4 Å². The number of morpholine rings is 1. The highest BCUT2D eigenvalue weighted by molar-refractivity contribution is 5.93. The number of pyridine rings is 1. The Bertz CT molecular complexity index is 625. The molecule has 2 aromatic heterocycles. The highest BCUT2D eigenvalue weighted by Gasteiger charge is 2.27. The lowest BCUT2D eigenvalue weighted by Crippen LogP contribution is -2.50. The summed E-state index contributed by atoms with van der Waals surface area (Å²) < 4.78 is 7.25. The predicted molar refractivity (Wildman–Crippen MR) is 78.2 cm³/mol. The number of ether oxygens (including phenoxy) is 1. The molecular weight excluding hydrogens is 270 g/mol. The van der Waals surface area contributed by atoms with Gasteiger partial charge in [-0.3, -0.25) is 4.40 Å². The molecule has 1 aliphatic heterocycles. The molecule has 0 aromatic carbocycles. The van der Waals surface area contributed by atoms with Crippen molar-refractivity contribution in [2.45, 2.75) is 25.8 Å². The second-order valence-electron chi connectivity index (χ2n) is 5.12. The predicted octanol–water partition coefficient (Wildman–Crippen LogP) is 1.76. The Morgan fingerprint density at radius 1 is 1.57 bits per heavy atom. The lowest BCUT2D eigenvalue weighted by molar-refractivity contribution is 0.0125. The van der Waals surface area contributed by atoms with Crippen molar-refractivity contribution < 1.29 is 9.53 Å². The molecule has 1 N–H and O–H groups in total. The van der Waals surface area contributed by atoms with Crippen LogP contribution in [-0.2, 0) is 4.74 Å². The maximum atomic E-state index is 12.5. The van der Waals surface area contributed by atoms with Crippen LogP contribution in [0.1, 0.15) is 19.8 Å². The molecule has 7 nitrogen and oxygen atoms in total. The number of nitrogens with zero attached hydrogens (tertiary/aromatic N) is 4. The topological polar surface area (TPSA) is 71.8 Å². The van der Waals surface area contributed by atoms with E-state index in [4.69, 9.17) is 4.74 Å². The molecule has 1 saturated heterocycles. The van der Waals surface area contributed by atoms with Gasteiger partial charge in [0.1, 0.15) is 6.33 Å². The summed E-state index contributed by atoms with van der Waals surface area (Å²) >= 11 is 0. The van der Waals surface area contributed by atoms with E-state index in [0.29, 0.717) is 31.1 Å². The van der Waals surface area contributed by atoms with Crippen LogP contribution in [0.2, 0.25) is 0 Å². The summed E-state index contributed by atoms with van der Waals surface area (Å²) in [6, 6.07) is 3.72. The first-order valence-corrected chi connectivity index (χ1v) is 7.23. The summed E-state index contributed by atoms with van der Waals surface area (Å²) in [7, 11) is 0. The lowest BCUT2D eigenvalue weighted by atomic mass is 10.1. The third-order valence-electron chi connectivity index (χ3n) is 3.68. The van der Waals surface area contributed by atoms with Crippen molar-refractivity contribution in [2.75, 3.05) is 25.1 Å². The molecule has 3 rings (SSSR count). The summed E-state index contributed by atoms with van der Waals surface area (Å²) in [6.45, 7) is 3.92. The molecule has 1 aliphatic rings. The normalized spacial score (nSPS) is 18.9. The van der Waals surface area contributed by atoms with Gasteiger partial charge in [0, 0.05) is 12.7 Å². The maximum absolute atomic E-state index is 12.5. The molecule has 0 unspecified atom stereocenters. The van der Waals surface area contributed by atoms with Crippen LogP contribution in [0, 0.1) is 0 Å². The first kappa shape index (κ1) is 13.8. The first-order chi connectivity index (χ1) is 10.3. The van der Waals surface area contributed by atoms with Crippen LogP contribution in [0.25, 0.3) is 5.65 Å². The SMILES string of the molecule is CCC[C@@H]1COCCN1C(=O)Nc1cccn2cnnc12. The Balaban J connectivity index is 1.77. The average Bonchev–Trinajstić information content (AvgIpc) is 2.98. The molecule has 112 valence electrons. The van der Waals surface area contributed by atoms with Crippen molar-refractivity contribution in [3.8, 4) is 0 Å². The van der Waals surface area contributed by atoms with Crippen LogP contribution < -0.4 is 5.32 Å². The van der Waals surface area contributed by atoms with E-state index < -0.39 is 0 Å². The number of rotatable bonds is 3. The standard InChI is InChI=1S/C14H19N5O2/c1-2-4-11-9-21-8-7-19(11)14(20)16-12-5-3-6-18-10-15-17-13(12)18/h3,5-6,10-11H,2,4,7-9H2,1H3,(H,16,20)/t11-/m1/s1. The van der Waals surface area contributed by atoms with Crippen molar-refractivity contribution in [3.05, 3.63) is 24.7 Å². The van der Waals surface area contributed by atoms with Crippen LogP contribution in [-0.4, -0.2) is 51.3 Å². The number of anilines is 1. The number of carbonyl (C=O) groups is 1. The van der Waals surface area contributed by atoms with Crippen molar-refractivity contribution in [3.63, 3.8) is 0 Å². The number of hydrogen-bond donors (Lipinski definition) is 1. The van der Waals surface area contributed by atoms with Crippen LogP contribution in [0.5, 0.6) is 0 Å². The third-order valence-corrected chi connectivity index (χ3v) is 3.68. The van der Waals surface area contributed by atoms with Gasteiger partial charge in [0.25, 0.3) is 0 Å². The van der Waals surface area contributed by atoms with Gasteiger partial charge in [-0.15, -0.1) is 10.2 Å². The molecule has 0 radical (unpaired) electrons. The lowest BCUT2D eigenvalue weighted by Gasteiger charge is -2.35. The smallest absolute Gasteiger partial charge is 0.322 e. The third kappa shape index (κ3) is 2.82. The molecule has 7 heteroatoms. The average molecular weight is 289 g/mol. The minimum Gasteiger partial charge on any atom is -0.377 e. The first-order valence-electron chi connectivity index (χ1n) is 7.23. The highest BCUT2D eigenvalue weighted by Crippen LogP contribution is 2.17. The van der Waals surface area contributed by atoms with Gasteiger partial charge in [-0.05, 0) is 18.6 Å². The minimum absolute atomic E-state index is 0.104. The Hall–Kier alpha value is -2.15. The molecule has 0 aliphatic carbocycles. The fourth-order valence-electron chi connectivity index (χ4n) is 2.63. The van der Waals surface area contributed by atoms with Crippen molar-refractivity contribution in [1.82, 2.24) is 19.5 Å². The van der Waals surface area contributed by atoms with E-state index in [0.717, 1.165) is 12.8 Å². The maximum Gasteiger partial charge on any atom is 0.322 e. The highest BCUT2D eigenvalue weighted by atomic mass is 16.5. The summed E-state index contributed by atoms with van der Waals surface area (Å²) in [5.41, 5.74) is 1.31.